The van der Waals surface area contributed by atoms with Crippen molar-refractivity contribution in [2.45, 2.75) is 20.4 Å². The van der Waals surface area contributed by atoms with E-state index in [4.69, 9.17) is 14.2 Å². The monoisotopic (exact) mass is 347 g/mol. The molecule has 0 aliphatic rings. The van der Waals surface area contributed by atoms with Crippen LogP contribution in [0.3, 0.4) is 0 Å². The van der Waals surface area contributed by atoms with Crippen molar-refractivity contribution in [1.29, 1.82) is 0 Å². The summed E-state index contributed by atoms with van der Waals surface area (Å²) in [6.45, 7) is 5.09. The number of carbonyl (C=O) groups is 1. The molecule has 9 heteroatoms. The largest absolute Gasteiger partial charge is 0.474 e. The lowest BCUT2D eigenvalue weighted by Gasteiger charge is -2.08. The molecule has 0 saturated heterocycles. The first kappa shape index (κ1) is 18.5. The summed E-state index contributed by atoms with van der Waals surface area (Å²) in [6, 6.07) is 3.53. The van der Waals surface area contributed by atoms with Crippen LogP contribution in [0.2, 0.25) is 0 Å². The van der Waals surface area contributed by atoms with Crippen molar-refractivity contribution < 1.29 is 19.0 Å². The summed E-state index contributed by atoms with van der Waals surface area (Å²) in [4.78, 5) is 20.1. The minimum atomic E-state index is -0.429. The number of hydrogen-bond acceptors (Lipinski definition) is 9. The van der Waals surface area contributed by atoms with Crippen LogP contribution in [0.5, 0.6) is 5.88 Å². The second-order valence-electron chi connectivity index (χ2n) is 4.97. The molecule has 2 aromatic heterocycles. The van der Waals surface area contributed by atoms with Gasteiger partial charge in [0.25, 0.3) is 0 Å². The highest BCUT2D eigenvalue weighted by atomic mass is 16.5. The number of nitrogens with one attached hydrogen (secondary N) is 1. The fourth-order valence-corrected chi connectivity index (χ4v) is 1.88. The third-order valence-electron chi connectivity index (χ3n) is 3.14. The first-order valence-electron chi connectivity index (χ1n) is 7.83. The summed E-state index contributed by atoms with van der Waals surface area (Å²) >= 11 is 0. The predicted octanol–water partition coefficient (Wildman–Crippen LogP) is 1.39. The Hall–Kier alpha value is -2.81. The minimum Gasteiger partial charge on any atom is -0.474 e. The van der Waals surface area contributed by atoms with Crippen LogP contribution in [0.15, 0.2) is 18.3 Å². The first-order valence-corrected chi connectivity index (χ1v) is 7.83. The van der Waals surface area contributed by atoms with Gasteiger partial charge < -0.3 is 19.5 Å². The summed E-state index contributed by atoms with van der Waals surface area (Å²) in [7, 11) is 1.60. The van der Waals surface area contributed by atoms with E-state index in [-0.39, 0.29) is 0 Å². The van der Waals surface area contributed by atoms with E-state index in [2.05, 4.69) is 25.5 Å². The molecule has 2 heterocycles. The average Bonchev–Trinajstić information content (AvgIpc) is 2.61. The third-order valence-corrected chi connectivity index (χ3v) is 3.14. The molecular formula is C16H21N5O4. The molecule has 0 atom stereocenters. The highest BCUT2D eigenvalue weighted by molar-refractivity contribution is 5.90. The van der Waals surface area contributed by atoms with Gasteiger partial charge in [0, 0.05) is 19.4 Å². The van der Waals surface area contributed by atoms with Crippen molar-refractivity contribution in [3.05, 3.63) is 35.3 Å². The maximum Gasteiger partial charge on any atom is 0.341 e. The Bertz CT molecular complexity index is 693. The number of ether oxygens (including phenoxy) is 3. The average molecular weight is 347 g/mol. The fraction of sp³-hybridized carbons (Fsp3) is 0.438. The van der Waals surface area contributed by atoms with Crippen molar-refractivity contribution in [2.75, 3.05) is 32.2 Å². The van der Waals surface area contributed by atoms with E-state index >= 15 is 0 Å². The standard InChI is InChI=1S/C16H21N5O4/c1-4-24-15(22)13-10-18-16(19-11(13)2)17-9-12-5-6-14(21-20-12)25-8-7-23-3/h5-6,10H,4,7-9H2,1-3H3,(H,17,18,19). The van der Waals surface area contributed by atoms with Crippen LogP contribution in [0, 0.1) is 6.92 Å². The Balaban J connectivity index is 1.90. The number of anilines is 1. The van der Waals surface area contributed by atoms with Gasteiger partial charge >= 0.3 is 5.97 Å². The van der Waals surface area contributed by atoms with Gasteiger partial charge in [-0.1, -0.05) is 0 Å². The van der Waals surface area contributed by atoms with Crippen LogP contribution in [-0.2, 0) is 16.0 Å². The number of rotatable bonds is 9. The fourth-order valence-electron chi connectivity index (χ4n) is 1.88. The molecule has 2 aromatic rings. The number of hydrogen-bond donors (Lipinski definition) is 1. The second-order valence-corrected chi connectivity index (χ2v) is 4.97. The minimum absolute atomic E-state index is 0.308. The van der Waals surface area contributed by atoms with Crippen molar-refractivity contribution in [1.82, 2.24) is 20.2 Å². The Morgan fingerprint density at radius 1 is 1.24 bits per heavy atom. The molecule has 0 aliphatic carbocycles. The molecule has 0 aromatic carbocycles. The lowest BCUT2D eigenvalue weighted by Crippen LogP contribution is -2.12. The maximum absolute atomic E-state index is 11.7. The van der Waals surface area contributed by atoms with Gasteiger partial charge in [-0.15, -0.1) is 5.10 Å². The van der Waals surface area contributed by atoms with Gasteiger partial charge in [-0.25, -0.2) is 14.8 Å². The topological polar surface area (TPSA) is 108 Å². The Morgan fingerprint density at radius 3 is 2.72 bits per heavy atom. The molecule has 1 N–H and O–H groups in total. The van der Waals surface area contributed by atoms with Crippen LogP contribution in [0.1, 0.15) is 28.7 Å². The normalized spacial score (nSPS) is 10.4. The Labute approximate surface area is 145 Å². The quantitative estimate of drug-likeness (QED) is 0.531. The molecule has 0 saturated carbocycles. The highest BCUT2D eigenvalue weighted by Gasteiger charge is 2.12. The Morgan fingerprint density at radius 2 is 2.08 bits per heavy atom. The Kier molecular flexibility index (Phi) is 7.02. The summed E-state index contributed by atoms with van der Waals surface area (Å²) in [6.07, 6.45) is 1.45. The van der Waals surface area contributed by atoms with E-state index in [0.29, 0.717) is 55.1 Å². The molecule has 0 amide bonds. The third kappa shape index (κ3) is 5.64. The number of carbonyl (C=O) groups excluding carboxylic acids is 1. The molecule has 0 radical (unpaired) electrons. The van der Waals surface area contributed by atoms with Gasteiger partial charge in [0.15, 0.2) is 0 Å². The first-order chi connectivity index (χ1) is 12.1. The van der Waals surface area contributed by atoms with E-state index < -0.39 is 5.97 Å². The molecule has 0 unspecified atom stereocenters. The molecule has 0 spiro atoms. The number of methoxy groups -OCH3 is 1. The summed E-state index contributed by atoms with van der Waals surface area (Å²) in [5.74, 6) is 0.404. The van der Waals surface area contributed by atoms with Crippen LogP contribution in [0.4, 0.5) is 5.95 Å². The highest BCUT2D eigenvalue weighted by Crippen LogP contribution is 2.10. The molecule has 2 rings (SSSR count). The van der Waals surface area contributed by atoms with Crippen LogP contribution < -0.4 is 10.1 Å². The summed E-state index contributed by atoms with van der Waals surface area (Å²) in [5.41, 5.74) is 1.60. The second kappa shape index (κ2) is 9.48. The van der Waals surface area contributed by atoms with E-state index in [1.54, 1.807) is 33.1 Å². The molecular weight excluding hydrogens is 326 g/mol. The van der Waals surface area contributed by atoms with Crippen LogP contribution in [0.25, 0.3) is 0 Å². The molecule has 0 bridgehead atoms. The van der Waals surface area contributed by atoms with E-state index in [0.717, 1.165) is 0 Å². The molecule has 9 nitrogen and oxygen atoms in total. The van der Waals surface area contributed by atoms with Crippen molar-refractivity contribution in [3.8, 4) is 5.88 Å². The van der Waals surface area contributed by atoms with Gasteiger partial charge in [0.1, 0.15) is 6.61 Å². The summed E-state index contributed by atoms with van der Waals surface area (Å²) < 4.78 is 15.2. The van der Waals surface area contributed by atoms with E-state index in [9.17, 15) is 4.79 Å². The van der Waals surface area contributed by atoms with Gasteiger partial charge in [-0.2, -0.15) is 5.10 Å². The zero-order valence-corrected chi connectivity index (χ0v) is 14.5. The number of esters is 1. The molecule has 134 valence electrons. The van der Waals surface area contributed by atoms with E-state index in [1.165, 1.54) is 6.20 Å². The number of aryl methyl sites for hydroxylation is 1. The molecule has 25 heavy (non-hydrogen) atoms. The van der Waals surface area contributed by atoms with Gasteiger partial charge in [0.2, 0.25) is 11.8 Å². The van der Waals surface area contributed by atoms with Crippen molar-refractivity contribution in [2.24, 2.45) is 0 Å². The predicted molar refractivity (Wildman–Crippen MR) is 89.5 cm³/mol. The number of nitrogens with zero attached hydrogens (tertiary/aromatic N) is 4. The lowest BCUT2D eigenvalue weighted by molar-refractivity contribution is 0.0524. The van der Waals surface area contributed by atoms with Gasteiger partial charge in [-0.3, -0.25) is 0 Å². The lowest BCUT2D eigenvalue weighted by atomic mass is 10.2. The van der Waals surface area contributed by atoms with Crippen molar-refractivity contribution >= 4 is 11.9 Å². The molecule has 0 fully saturated rings. The van der Waals surface area contributed by atoms with E-state index in [1.807, 2.05) is 0 Å². The summed E-state index contributed by atoms with van der Waals surface area (Å²) in [5, 5.41) is 11.1. The SMILES string of the molecule is CCOC(=O)c1cnc(NCc2ccc(OCCOC)nn2)nc1C. The molecule has 0 aliphatic heterocycles. The zero-order chi connectivity index (χ0) is 18.1. The van der Waals surface area contributed by atoms with Crippen LogP contribution >= 0.6 is 0 Å². The van der Waals surface area contributed by atoms with Crippen LogP contribution in [-0.4, -0.2) is 53.1 Å². The maximum atomic E-state index is 11.7. The van der Waals surface area contributed by atoms with Gasteiger partial charge in [0.05, 0.1) is 36.7 Å². The zero-order valence-electron chi connectivity index (χ0n) is 14.5. The smallest absolute Gasteiger partial charge is 0.341 e. The number of aromatic nitrogens is 4. The van der Waals surface area contributed by atoms with Crippen molar-refractivity contribution in [3.63, 3.8) is 0 Å². The van der Waals surface area contributed by atoms with Gasteiger partial charge in [-0.05, 0) is 19.9 Å².